The molecule has 6 nitrogen and oxygen atoms in total. The van der Waals surface area contributed by atoms with Crippen LogP contribution in [0.3, 0.4) is 0 Å². The number of nitrogens with one attached hydrogen (secondary N) is 4. The average molecular weight is 346 g/mol. The van der Waals surface area contributed by atoms with Crippen LogP contribution in [-0.2, 0) is 0 Å². The summed E-state index contributed by atoms with van der Waals surface area (Å²) < 4.78 is 0. The first kappa shape index (κ1) is 16.4. The quantitative estimate of drug-likeness (QED) is 0.369. The zero-order valence-corrected chi connectivity index (χ0v) is 14.5. The minimum absolute atomic E-state index is 0.869. The zero-order chi connectivity index (χ0) is 17.6. The Morgan fingerprint density at radius 1 is 0.885 bits per heavy atom. The average Bonchev–Trinajstić information content (AvgIpc) is 3.15. The summed E-state index contributed by atoms with van der Waals surface area (Å²) >= 11 is 0. The van der Waals surface area contributed by atoms with Gasteiger partial charge in [-0.05, 0) is 30.3 Å². The van der Waals surface area contributed by atoms with Gasteiger partial charge in [0.2, 0.25) is 0 Å². The van der Waals surface area contributed by atoms with Crippen LogP contribution >= 0.6 is 0 Å². The van der Waals surface area contributed by atoms with E-state index in [0.717, 1.165) is 59.4 Å². The molecule has 2 aromatic carbocycles. The maximum atomic E-state index is 4.38. The number of hydrogen-bond acceptors (Lipinski definition) is 5. The van der Waals surface area contributed by atoms with Crippen LogP contribution in [0.5, 0.6) is 0 Å². The molecule has 0 aliphatic heterocycles. The molecule has 2 aromatic heterocycles. The molecule has 0 radical (unpaired) electrons. The Labute approximate surface area is 152 Å². The highest BCUT2D eigenvalue weighted by molar-refractivity contribution is 5.90. The zero-order valence-electron chi connectivity index (χ0n) is 14.5. The lowest BCUT2D eigenvalue weighted by Crippen LogP contribution is -2.27. The van der Waals surface area contributed by atoms with Gasteiger partial charge in [0.05, 0.1) is 17.2 Å². The van der Waals surface area contributed by atoms with Gasteiger partial charge < -0.3 is 16.0 Å². The highest BCUT2D eigenvalue weighted by atomic mass is 15.1. The Morgan fingerprint density at radius 3 is 2.73 bits per heavy atom. The highest BCUT2D eigenvalue weighted by Gasteiger charge is 2.00. The maximum absolute atomic E-state index is 4.38. The summed E-state index contributed by atoms with van der Waals surface area (Å²) in [6.45, 7) is 3.55. The molecule has 0 aliphatic rings. The maximum Gasteiger partial charge on any atom is 0.0722 e. The second kappa shape index (κ2) is 7.84. The fourth-order valence-electron chi connectivity index (χ4n) is 3.00. The van der Waals surface area contributed by atoms with Crippen molar-refractivity contribution in [2.75, 3.05) is 36.8 Å². The van der Waals surface area contributed by atoms with Crippen LogP contribution in [0.1, 0.15) is 0 Å². The molecule has 0 bridgehead atoms. The smallest absolute Gasteiger partial charge is 0.0722 e. The third-order valence-electron chi connectivity index (χ3n) is 4.34. The first-order valence-corrected chi connectivity index (χ1v) is 8.85. The summed E-state index contributed by atoms with van der Waals surface area (Å²) in [5, 5.41) is 19.7. The van der Waals surface area contributed by atoms with Gasteiger partial charge in [0.1, 0.15) is 0 Å². The molecule has 0 fully saturated rings. The Kier molecular flexibility index (Phi) is 4.93. The van der Waals surface area contributed by atoms with Crippen molar-refractivity contribution < 1.29 is 0 Å². The van der Waals surface area contributed by atoms with Gasteiger partial charge in [-0.15, -0.1) is 0 Å². The molecule has 0 unspecified atom stereocenters. The lowest BCUT2D eigenvalue weighted by Gasteiger charge is -2.11. The van der Waals surface area contributed by atoms with Crippen molar-refractivity contribution in [3.05, 3.63) is 60.9 Å². The van der Waals surface area contributed by atoms with Crippen molar-refractivity contribution in [2.45, 2.75) is 0 Å². The summed E-state index contributed by atoms with van der Waals surface area (Å²) in [6, 6.07) is 16.4. The Bertz CT molecular complexity index is 988. The Balaban J connectivity index is 1.18. The standard InChI is InChI=1S/C20H22N6/c1-2-4-18-17(3-1)19(7-8-23-18)24-12-10-21-9-11-22-16-6-5-15-14-25-26-20(15)13-16/h1-8,13-14,21-22H,9-12H2,(H,23,24)(H,25,26). The van der Waals surface area contributed by atoms with Crippen molar-refractivity contribution in [1.82, 2.24) is 20.5 Å². The van der Waals surface area contributed by atoms with Crippen molar-refractivity contribution in [3.63, 3.8) is 0 Å². The summed E-state index contributed by atoms with van der Waals surface area (Å²) in [7, 11) is 0. The van der Waals surface area contributed by atoms with Crippen LogP contribution in [0.4, 0.5) is 11.4 Å². The molecule has 4 aromatic rings. The fraction of sp³-hybridized carbons (Fsp3) is 0.200. The second-order valence-electron chi connectivity index (χ2n) is 6.15. The van der Waals surface area contributed by atoms with E-state index in [2.05, 4.69) is 55.4 Å². The highest BCUT2D eigenvalue weighted by Crippen LogP contribution is 2.20. The number of fused-ring (bicyclic) bond motifs is 2. The number of aromatic amines is 1. The predicted molar refractivity (Wildman–Crippen MR) is 108 cm³/mol. The number of H-pyrrole nitrogens is 1. The van der Waals surface area contributed by atoms with Crippen LogP contribution in [0.25, 0.3) is 21.8 Å². The van der Waals surface area contributed by atoms with Gasteiger partial charge in [-0.3, -0.25) is 10.1 Å². The molecule has 4 rings (SSSR count). The van der Waals surface area contributed by atoms with Crippen LogP contribution in [0.15, 0.2) is 60.9 Å². The van der Waals surface area contributed by atoms with Crippen LogP contribution < -0.4 is 16.0 Å². The first-order chi connectivity index (χ1) is 12.9. The van der Waals surface area contributed by atoms with Crippen molar-refractivity contribution in [2.24, 2.45) is 0 Å². The summed E-state index contributed by atoms with van der Waals surface area (Å²) in [5.41, 5.74) is 4.30. The number of nitrogens with zero attached hydrogens (tertiary/aromatic N) is 2. The van der Waals surface area contributed by atoms with E-state index in [1.54, 1.807) is 0 Å². The third kappa shape index (κ3) is 3.75. The van der Waals surface area contributed by atoms with E-state index in [1.807, 2.05) is 36.7 Å². The molecule has 0 spiro atoms. The molecular weight excluding hydrogens is 324 g/mol. The number of hydrogen-bond donors (Lipinski definition) is 4. The van der Waals surface area contributed by atoms with Gasteiger partial charge in [0, 0.05) is 54.5 Å². The van der Waals surface area contributed by atoms with Gasteiger partial charge in [-0.2, -0.15) is 5.10 Å². The lowest BCUT2D eigenvalue weighted by atomic mass is 10.2. The van der Waals surface area contributed by atoms with Gasteiger partial charge in [0.25, 0.3) is 0 Å². The molecule has 0 amide bonds. The number of anilines is 2. The van der Waals surface area contributed by atoms with E-state index in [4.69, 9.17) is 0 Å². The molecule has 2 heterocycles. The molecular formula is C20H22N6. The van der Waals surface area contributed by atoms with Gasteiger partial charge in [-0.25, -0.2) is 0 Å². The van der Waals surface area contributed by atoms with E-state index < -0.39 is 0 Å². The predicted octanol–water partition coefficient (Wildman–Crippen LogP) is 3.22. The summed E-state index contributed by atoms with van der Waals surface area (Å²) in [6.07, 6.45) is 3.68. The van der Waals surface area contributed by atoms with E-state index in [9.17, 15) is 0 Å². The third-order valence-corrected chi connectivity index (χ3v) is 4.34. The van der Waals surface area contributed by atoms with Gasteiger partial charge >= 0.3 is 0 Å². The Hall–Kier alpha value is -3.12. The largest absolute Gasteiger partial charge is 0.384 e. The number of rotatable bonds is 8. The molecule has 4 N–H and O–H groups in total. The molecule has 0 saturated heterocycles. The molecule has 26 heavy (non-hydrogen) atoms. The van der Waals surface area contributed by atoms with E-state index in [-0.39, 0.29) is 0 Å². The molecule has 0 atom stereocenters. The normalized spacial score (nSPS) is 11.1. The molecule has 0 aliphatic carbocycles. The van der Waals surface area contributed by atoms with Crippen LogP contribution in [0.2, 0.25) is 0 Å². The van der Waals surface area contributed by atoms with Gasteiger partial charge in [0.15, 0.2) is 0 Å². The summed E-state index contributed by atoms with van der Waals surface area (Å²) in [4.78, 5) is 4.38. The molecule has 0 saturated carbocycles. The van der Waals surface area contributed by atoms with Crippen molar-refractivity contribution in [1.29, 1.82) is 0 Å². The topological polar surface area (TPSA) is 77.7 Å². The van der Waals surface area contributed by atoms with Gasteiger partial charge in [-0.1, -0.05) is 18.2 Å². The van der Waals surface area contributed by atoms with E-state index in [1.165, 1.54) is 0 Å². The fourth-order valence-corrected chi connectivity index (χ4v) is 3.00. The number of aromatic nitrogens is 3. The van der Waals surface area contributed by atoms with E-state index in [0.29, 0.717) is 0 Å². The monoisotopic (exact) mass is 346 g/mol. The minimum Gasteiger partial charge on any atom is -0.384 e. The first-order valence-electron chi connectivity index (χ1n) is 8.85. The molecule has 132 valence electrons. The summed E-state index contributed by atoms with van der Waals surface area (Å²) in [5.74, 6) is 0. The van der Waals surface area contributed by atoms with Crippen molar-refractivity contribution in [3.8, 4) is 0 Å². The SMILES string of the molecule is c1ccc2c(NCCNCCNc3ccc4cn[nH]c4c3)ccnc2c1. The van der Waals surface area contributed by atoms with Crippen LogP contribution in [-0.4, -0.2) is 41.4 Å². The second-order valence-corrected chi connectivity index (χ2v) is 6.15. The van der Waals surface area contributed by atoms with Crippen molar-refractivity contribution >= 4 is 33.2 Å². The number of para-hydroxylation sites is 1. The minimum atomic E-state index is 0.869. The van der Waals surface area contributed by atoms with Crippen LogP contribution in [0, 0.1) is 0 Å². The Morgan fingerprint density at radius 2 is 1.77 bits per heavy atom. The number of benzene rings is 2. The van der Waals surface area contributed by atoms with E-state index >= 15 is 0 Å². The lowest BCUT2D eigenvalue weighted by molar-refractivity contribution is 0.719. The number of pyridine rings is 1. The molecule has 6 heteroatoms.